The van der Waals surface area contributed by atoms with Gasteiger partial charge in [0.05, 0.1) is 16.4 Å². The fraction of sp³-hybridized carbons (Fsp3) is 0.429. The number of thiazole rings is 1. The number of fused-ring (bicyclic) bond motifs is 1. The molecule has 7 heteroatoms. The van der Waals surface area contributed by atoms with E-state index in [4.69, 9.17) is 9.97 Å². The number of nitrogens with zero attached hydrogens (tertiary/aromatic N) is 5. The Kier molecular flexibility index (Phi) is 5.48. The minimum Gasteiger partial charge on any atom is -0.340 e. The van der Waals surface area contributed by atoms with Crippen LogP contribution in [0.5, 0.6) is 0 Å². The summed E-state index contributed by atoms with van der Waals surface area (Å²) in [6.45, 7) is 11.4. The van der Waals surface area contributed by atoms with Gasteiger partial charge in [-0.15, -0.1) is 11.3 Å². The fourth-order valence-electron chi connectivity index (χ4n) is 6.03. The summed E-state index contributed by atoms with van der Waals surface area (Å²) >= 11 is 1.75. The molecule has 1 amide bonds. The molecule has 0 bridgehead atoms. The Morgan fingerprint density at radius 2 is 2.09 bits per heavy atom. The Bertz CT molecular complexity index is 1290. The number of hydrogen-bond acceptors (Lipinski definition) is 6. The number of aryl methyl sites for hydroxylation is 1. The first-order valence-corrected chi connectivity index (χ1v) is 13.4. The van der Waals surface area contributed by atoms with E-state index in [1.54, 1.807) is 11.3 Å². The van der Waals surface area contributed by atoms with Crippen molar-refractivity contribution in [3.8, 4) is 11.3 Å². The molecule has 0 radical (unpaired) electrons. The van der Waals surface area contributed by atoms with Crippen LogP contribution in [0.25, 0.3) is 11.3 Å². The van der Waals surface area contributed by atoms with Gasteiger partial charge >= 0.3 is 0 Å². The van der Waals surface area contributed by atoms with Gasteiger partial charge in [0.15, 0.2) is 0 Å². The maximum atomic E-state index is 12.0. The van der Waals surface area contributed by atoms with Crippen LogP contribution in [0.4, 0.5) is 5.95 Å². The molecule has 6 nitrogen and oxygen atoms in total. The van der Waals surface area contributed by atoms with Gasteiger partial charge in [0, 0.05) is 60.2 Å². The van der Waals surface area contributed by atoms with E-state index in [-0.39, 0.29) is 11.3 Å². The Morgan fingerprint density at radius 3 is 2.86 bits per heavy atom. The normalized spacial score (nSPS) is 20.6. The molecular formula is C28H31N5OS. The standard InChI is InChI=1S/C28H31N5OS/c1-4-24(34)33-16-28(17-33)10-12-32(15-28)27-30-23-14-20(26-29-11-13-35-26)8-9-22(23)25(31-27)21-7-5-6-18(2)19(21)3/h4-7,11,13,20H,1,8-10,12,14-17H2,2-3H3/t20-/m1/s1. The molecule has 35 heavy (non-hydrogen) atoms. The zero-order valence-electron chi connectivity index (χ0n) is 20.5. The molecule has 1 spiro atoms. The molecule has 1 aromatic carbocycles. The van der Waals surface area contributed by atoms with Crippen LogP contribution >= 0.6 is 11.3 Å². The van der Waals surface area contributed by atoms with Gasteiger partial charge in [0.1, 0.15) is 0 Å². The maximum Gasteiger partial charge on any atom is 0.245 e. The van der Waals surface area contributed by atoms with Crippen LogP contribution in [0.15, 0.2) is 42.4 Å². The van der Waals surface area contributed by atoms with Crippen molar-refractivity contribution in [3.05, 3.63) is 69.8 Å². The van der Waals surface area contributed by atoms with Crippen molar-refractivity contribution < 1.29 is 4.79 Å². The molecule has 6 rings (SSSR count). The van der Waals surface area contributed by atoms with E-state index >= 15 is 0 Å². The number of benzene rings is 1. The summed E-state index contributed by atoms with van der Waals surface area (Å²) in [6.07, 6.45) is 7.37. The third kappa shape index (κ3) is 3.86. The molecule has 1 aliphatic carbocycles. The Labute approximate surface area is 210 Å². The Morgan fingerprint density at radius 1 is 1.23 bits per heavy atom. The Hall–Kier alpha value is -3.06. The smallest absolute Gasteiger partial charge is 0.245 e. The second kappa shape index (κ2) is 8.55. The molecule has 2 aliphatic heterocycles. The lowest BCUT2D eigenvalue weighted by Gasteiger charge is -2.47. The maximum absolute atomic E-state index is 12.0. The van der Waals surface area contributed by atoms with E-state index in [9.17, 15) is 4.79 Å². The number of rotatable bonds is 4. The van der Waals surface area contributed by atoms with Crippen molar-refractivity contribution in [1.29, 1.82) is 0 Å². The molecule has 2 fully saturated rings. The van der Waals surface area contributed by atoms with Crippen molar-refractivity contribution in [2.45, 2.75) is 45.4 Å². The number of likely N-dealkylation sites (tertiary alicyclic amines) is 1. The van der Waals surface area contributed by atoms with Gasteiger partial charge in [-0.1, -0.05) is 24.8 Å². The third-order valence-electron chi connectivity index (χ3n) is 8.18. The van der Waals surface area contributed by atoms with Gasteiger partial charge < -0.3 is 9.80 Å². The summed E-state index contributed by atoms with van der Waals surface area (Å²) in [5.41, 5.74) is 7.53. The van der Waals surface area contributed by atoms with E-state index in [0.29, 0.717) is 5.92 Å². The lowest BCUT2D eigenvalue weighted by atomic mass is 9.79. The third-order valence-corrected chi connectivity index (χ3v) is 9.12. The number of hydrogen-bond donors (Lipinski definition) is 0. The van der Waals surface area contributed by atoms with Crippen LogP contribution in [0.1, 0.15) is 46.2 Å². The first kappa shape index (κ1) is 22.4. The molecule has 2 aromatic heterocycles. The van der Waals surface area contributed by atoms with Crippen LogP contribution in [-0.2, 0) is 17.6 Å². The molecule has 3 aromatic rings. The van der Waals surface area contributed by atoms with Crippen molar-refractivity contribution in [2.75, 3.05) is 31.1 Å². The quantitative estimate of drug-likeness (QED) is 0.501. The second-order valence-electron chi connectivity index (χ2n) is 10.4. The monoisotopic (exact) mass is 485 g/mol. The lowest BCUT2D eigenvalue weighted by Crippen LogP contribution is -2.59. The molecule has 0 N–H and O–H groups in total. The predicted octanol–water partition coefficient (Wildman–Crippen LogP) is 4.71. The van der Waals surface area contributed by atoms with Crippen LogP contribution in [0, 0.1) is 19.3 Å². The van der Waals surface area contributed by atoms with Crippen molar-refractivity contribution >= 4 is 23.2 Å². The first-order valence-electron chi connectivity index (χ1n) is 12.5. The molecule has 180 valence electrons. The van der Waals surface area contributed by atoms with Crippen molar-refractivity contribution in [1.82, 2.24) is 19.9 Å². The second-order valence-corrected chi connectivity index (χ2v) is 11.4. The van der Waals surface area contributed by atoms with E-state index in [1.165, 1.54) is 39.0 Å². The predicted molar refractivity (Wildman–Crippen MR) is 140 cm³/mol. The molecule has 2 saturated heterocycles. The minimum atomic E-state index is 0.0320. The van der Waals surface area contributed by atoms with Crippen LogP contribution in [-0.4, -0.2) is 51.9 Å². The highest BCUT2D eigenvalue weighted by Crippen LogP contribution is 2.43. The number of carbonyl (C=O) groups excluding carboxylic acids is 1. The zero-order chi connectivity index (χ0) is 24.2. The van der Waals surface area contributed by atoms with Crippen molar-refractivity contribution in [3.63, 3.8) is 0 Å². The van der Waals surface area contributed by atoms with Gasteiger partial charge in [-0.3, -0.25) is 4.79 Å². The van der Waals surface area contributed by atoms with Gasteiger partial charge in [0.25, 0.3) is 0 Å². The lowest BCUT2D eigenvalue weighted by molar-refractivity contribution is -0.136. The summed E-state index contributed by atoms with van der Waals surface area (Å²) in [5.74, 6) is 1.29. The molecule has 0 saturated carbocycles. The van der Waals surface area contributed by atoms with Crippen LogP contribution < -0.4 is 4.90 Å². The summed E-state index contributed by atoms with van der Waals surface area (Å²) in [4.78, 5) is 31.3. The molecule has 1 atom stereocenters. The highest BCUT2D eigenvalue weighted by atomic mass is 32.1. The summed E-state index contributed by atoms with van der Waals surface area (Å²) in [5, 5.41) is 3.28. The van der Waals surface area contributed by atoms with E-state index in [1.807, 2.05) is 11.1 Å². The fourth-order valence-corrected chi connectivity index (χ4v) is 6.81. The Balaban J connectivity index is 1.36. The molecular weight excluding hydrogens is 454 g/mol. The largest absolute Gasteiger partial charge is 0.340 e. The van der Waals surface area contributed by atoms with Crippen LogP contribution in [0.2, 0.25) is 0 Å². The van der Waals surface area contributed by atoms with Crippen LogP contribution in [0.3, 0.4) is 0 Å². The van der Waals surface area contributed by atoms with Gasteiger partial charge in [-0.2, -0.15) is 0 Å². The van der Waals surface area contributed by atoms with E-state index < -0.39 is 0 Å². The number of anilines is 1. The molecule has 4 heterocycles. The molecule has 0 unspecified atom stereocenters. The average Bonchev–Trinajstić information content (AvgIpc) is 3.54. The van der Waals surface area contributed by atoms with E-state index in [2.05, 4.69) is 53.9 Å². The zero-order valence-corrected chi connectivity index (χ0v) is 21.3. The van der Waals surface area contributed by atoms with E-state index in [0.717, 1.165) is 63.5 Å². The summed E-state index contributed by atoms with van der Waals surface area (Å²) < 4.78 is 0. The number of aromatic nitrogens is 3. The average molecular weight is 486 g/mol. The SMILES string of the molecule is C=CC(=O)N1CC2(CCN(c3nc4c(c(-c5cccc(C)c5C)n3)CC[C@@H](c3nccs3)C4)C2)C1. The minimum absolute atomic E-state index is 0.0320. The first-order chi connectivity index (χ1) is 17.0. The van der Waals surface area contributed by atoms with Gasteiger partial charge in [0.2, 0.25) is 11.9 Å². The van der Waals surface area contributed by atoms with Crippen molar-refractivity contribution in [2.24, 2.45) is 5.41 Å². The highest BCUT2D eigenvalue weighted by molar-refractivity contribution is 7.09. The highest BCUT2D eigenvalue weighted by Gasteiger charge is 2.49. The summed E-state index contributed by atoms with van der Waals surface area (Å²) in [7, 11) is 0. The topological polar surface area (TPSA) is 62.2 Å². The summed E-state index contributed by atoms with van der Waals surface area (Å²) in [6, 6.07) is 6.51. The van der Waals surface area contributed by atoms with Gasteiger partial charge in [-0.25, -0.2) is 15.0 Å². The number of amides is 1. The number of carbonyl (C=O) groups is 1. The van der Waals surface area contributed by atoms with Gasteiger partial charge in [-0.05, 0) is 56.7 Å². The molecule has 3 aliphatic rings.